The fraction of sp³-hybridized carbons (Fsp3) is 0.621. The highest BCUT2D eigenvalue weighted by atomic mass is 32.2. The highest BCUT2D eigenvalue weighted by molar-refractivity contribution is 7.99. The molecule has 2 aromatic heterocycles. The maximum atomic E-state index is 12.1. The van der Waals surface area contributed by atoms with Crippen LogP contribution in [-0.2, 0) is 14.8 Å². The average Bonchev–Trinajstić information content (AvgIpc) is 3.61. The molecule has 0 bridgehead atoms. The summed E-state index contributed by atoms with van der Waals surface area (Å²) in [5, 5.41) is 0. The number of aromatic nitrogens is 3. The van der Waals surface area contributed by atoms with Gasteiger partial charge in [-0.25, -0.2) is 23.4 Å². The van der Waals surface area contributed by atoms with E-state index in [0.29, 0.717) is 55.6 Å². The molecule has 1 N–H and O–H groups in total. The third-order valence-corrected chi connectivity index (χ3v) is 9.67. The Kier molecular flexibility index (Phi) is 9.93. The first-order valence-electron chi connectivity index (χ1n) is 14.7. The molecular formula is C29H43N7O4S2. The molecule has 0 aromatic carbocycles. The molecule has 2 aromatic rings. The van der Waals surface area contributed by atoms with Crippen molar-refractivity contribution in [1.29, 1.82) is 0 Å². The molecule has 5 heterocycles. The summed E-state index contributed by atoms with van der Waals surface area (Å²) in [5.41, 5.74) is 3.42. The Labute approximate surface area is 254 Å². The van der Waals surface area contributed by atoms with Crippen LogP contribution in [0.3, 0.4) is 0 Å². The van der Waals surface area contributed by atoms with E-state index in [-0.39, 0.29) is 11.6 Å². The van der Waals surface area contributed by atoms with Crippen LogP contribution < -0.4 is 14.4 Å². The van der Waals surface area contributed by atoms with Crippen molar-refractivity contribution < 1.29 is 17.9 Å². The van der Waals surface area contributed by atoms with Crippen molar-refractivity contribution in [2.24, 2.45) is 0 Å². The number of sulfonamides is 1. The summed E-state index contributed by atoms with van der Waals surface area (Å²) in [6, 6.07) is 2.98. The predicted octanol–water partition coefficient (Wildman–Crippen LogP) is 3.44. The van der Waals surface area contributed by atoms with Gasteiger partial charge in [0.1, 0.15) is 5.69 Å². The van der Waals surface area contributed by atoms with Gasteiger partial charge in [-0.15, -0.1) is 11.8 Å². The number of thioether (sulfide) groups is 1. The Morgan fingerprint density at radius 1 is 1.21 bits per heavy atom. The quantitative estimate of drug-likeness (QED) is 0.374. The van der Waals surface area contributed by atoms with Gasteiger partial charge in [-0.05, 0) is 50.1 Å². The standard InChI is InChI=1S/C29H43N7O4S2/c1-6-41-27-25(20(2)18-34-11-9-23(19-34)36-10-7-8-21(36)3)31-29(35-12-14-40-15-13-35)32-26(27)22-16-24(33-42(5,37)38)28(39-4)30-17-22/h16-17,21,23,33H,2,6-15,18-19H2,1,3-5H3/t21-,23-/m1/s1. The van der Waals surface area contributed by atoms with Crippen molar-refractivity contribution >= 4 is 39.0 Å². The Bertz CT molecular complexity index is 1380. The molecule has 0 saturated carbocycles. The average molecular weight is 618 g/mol. The maximum Gasteiger partial charge on any atom is 0.238 e. The number of methoxy groups -OCH3 is 1. The minimum absolute atomic E-state index is 0.192. The molecule has 3 aliphatic rings. The molecule has 11 nitrogen and oxygen atoms in total. The van der Waals surface area contributed by atoms with Crippen LogP contribution in [0.15, 0.2) is 23.7 Å². The third kappa shape index (κ3) is 7.19. The number of ether oxygens (including phenoxy) is 2. The summed E-state index contributed by atoms with van der Waals surface area (Å²) in [5.74, 6) is 1.62. The van der Waals surface area contributed by atoms with Crippen molar-refractivity contribution in [2.45, 2.75) is 50.1 Å². The van der Waals surface area contributed by atoms with Gasteiger partial charge in [-0.1, -0.05) is 13.5 Å². The molecule has 5 rings (SSSR count). The molecular weight excluding hydrogens is 574 g/mol. The van der Waals surface area contributed by atoms with Gasteiger partial charge in [-0.3, -0.25) is 14.5 Å². The van der Waals surface area contributed by atoms with E-state index >= 15 is 0 Å². The number of anilines is 2. The van der Waals surface area contributed by atoms with Crippen LogP contribution in [0.25, 0.3) is 16.8 Å². The zero-order chi connectivity index (χ0) is 29.9. The number of likely N-dealkylation sites (tertiary alicyclic amines) is 2. The third-order valence-electron chi connectivity index (χ3n) is 8.12. The Balaban J connectivity index is 1.52. The van der Waals surface area contributed by atoms with E-state index < -0.39 is 10.0 Å². The summed E-state index contributed by atoms with van der Waals surface area (Å²) >= 11 is 1.66. The van der Waals surface area contributed by atoms with Crippen molar-refractivity contribution in [1.82, 2.24) is 24.8 Å². The highest BCUT2D eigenvalue weighted by Crippen LogP contribution is 2.39. The van der Waals surface area contributed by atoms with Crippen LogP contribution in [-0.4, -0.2) is 117 Å². The molecule has 3 aliphatic heterocycles. The van der Waals surface area contributed by atoms with Gasteiger partial charge in [0.15, 0.2) is 0 Å². The Morgan fingerprint density at radius 3 is 2.67 bits per heavy atom. The summed E-state index contributed by atoms with van der Waals surface area (Å²) in [7, 11) is -2.09. The topological polar surface area (TPSA) is 113 Å². The lowest BCUT2D eigenvalue weighted by atomic mass is 10.1. The molecule has 42 heavy (non-hydrogen) atoms. The molecule has 0 amide bonds. The largest absolute Gasteiger partial charge is 0.480 e. The van der Waals surface area contributed by atoms with Crippen molar-refractivity contribution in [2.75, 3.05) is 81.2 Å². The SMILES string of the molecule is C=C(CN1CC[C@@H](N2CCC[C@H]2C)C1)c1nc(N2CCOCC2)nc(-c2cnc(OC)c(NS(C)(=O)=O)c2)c1SCC. The first-order valence-corrected chi connectivity index (χ1v) is 17.6. The number of nitrogens with zero attached hydrogens (tertiary/aromatic N) is 6. The first kappa shape index (κ1) is 31.0. The summed E-state index contributed by atoms with van der Waals surface area (Å²) in [6.45, 7) is 15.6. The second-order valence-corrected chi connectivity index (χ2v) is 14.3. The molecule has 0 unspecified atom stereocenters. The lowest BCUT2D eigenvalue weighted by Gasteiger charge is -2.29. The van der Waals surface area contributed by atoms with Crippen LogP contribution in [0.2, 0.25) is 0 Å². The monoisotopic (exact) mass is 617 g/mol. The first-order chi connectivity index (χ1) is 20.2. The number of morpholine rings is 1. The summed E-state index contributed by atoms with van der Waals surface area (Å²) in [6.07, 6.45) is 6.53. The minimum atomic E-state index is -3.56. The van der Waals surface area contributed by atoms with Gasteiger partial charge in [0.05, 0.1) is 42.9 Å². The van der Waals surface area contributed by atoms with Crippen LogP contribution >= 0.6 is 11.8 Å². The van der Waals surface area contributed by atoms with E-state index in [9.17, 15) is 8.42 Å². The number of rotatable bonds is 11. The fourth-order valence-electron chi connectivity index (χ4n) is 6.15. The van der Waals surface area contributed by atoms with Gasteiger partial charge < -0.3 is 14.4 Å². The smallest absolute Gasteiger partial charge is 0.238 e. The second-order valence-electron chi connectivity index (χ2n) is 11.2. The van der Waals surface area contributed by atoms with Gasteiger partial charge in [0, 0.05) is 56.6 Å². The molecule has 230 valence electrons. The molecule has 2 atom stereocenters. The predicted molar refractivity (Wildman–Crippen MR) is 169 cm³/mol. The van der Waals surface area contributed by atoms with Crippen LogP contribution in [0.4, 0.5) is 11.6 Å². The van der Waals surface area contributed by atoms with Crippen LogP contribution in [0, 0.1) is 0 Å². The number of nitrogens with one attached hydrogen (secondary N) is 1. The lowest BCUT2D eigenvalue weighted by Crippen LogP contribution is -2.39. The number of hydrogen-bond donors (Lipinski definition) is 1. The molecule has 13 heteroatoms. The Morgan fingerprint density at radius 2 is 2.00 bits per heavy atom. The number of hydrogen-bond acceptors (Lipinski definition) is 11. The molecule has 3 saturated heterocycles. The maximum absolute atomic E-state index is 12.1. The number of pyridine rings is 1. The van der Waals surface area contributed by atoms with Gasteiger partial charge in [0.25, 0.3) is 0 Å². The summed E-state index contributed by atoms with van der Waals surface area (Å²) < 4.78 is 37.7. The van der Waals surface area contributed by atoms with E-state index in [1.165, 1.54) is 32.9 Å². The van der Waals surface area contributed by atoms with Gasteiger partial charge in [0.2, 0.25) is 21.9 Å². The fourth-order valence-corrected chi connectivity index (χ4v) is 7.61. The van der Waals surface area contributed by atoms with Crippen molar-refractivity contribution in [3.05, 3.63) is 24.5 Å². The molecule has 0 radical (unpaired) electrons. The molecule has 3 fully saturated rings. The van der Waals surface area contributed by atoms with E-state index in [2.05, 4.69) is 44.8 Å². The normalized spacial score (nSPS) is 22.0. The zero-order valence-electron chi connectivity index (χ0n) is 25.1. The van der Waals surface area contributed by atoms with Crippen LogP contribution in [0.5, 0.6) is 5.88 Å². The lowest BCUT2D eigenvalue weighted by molar-refractivity contribution is 0.122. The van der Waals surface area contributed by atoms with Gasteiger partial charge >= 0.3 is 0 Å². The van der Waals surface area contributed by atoms with Crippen molar-refractivity contribution in [3.8, 4) is 17.1 Å². The minimum Gasteiger partial charge on any atom is -0.480 e. The van der Waals surface area contributed by atoms with Crippen molar-refractivity contribution in [3.63, 3.8) is 0 Å². The van der Waals surface area contributed by atoms with E-state index in [0.717, 1.165) is 47.8 Å². The molecule has 0 spiro atoms. The van der Waals surface area contributed by atoms with E-state index in [4.69, 9.17) is 19.4 Å². The Hall–Kier alpha value is -2.45. The zero-order valence-corrected chi connectivity index (χ0v) is 26.8. The summed E-state index contributed by atoms with van der Waals surface area (Å²) in [4.78, 5) is 22.8. The van der Waals surface area contributed by atoms with Crippen LogP contribution in [0.1, 0.15) is 38.8 Å². The highest BCUT2D eigenvalue weighted by Gasteiger charge is 2.33. The van der Waals surface area contributed by atoms with Gasteiger partial charge in [-0.2, -0.15) is 0 Å². The molecule has 0 aliphatic carbocycles. The van der Waals surface area contributed by atoms with E-state index in [1.54, 1.807) is 24.0 Å². The second kappa shape index (κ2) is 13.5. The van der Waals surface area contributed by atoms with E-state index in [1.807, 2.05) is 0 Å².